The molecule has 1 aliphatic carbocycles. The minimum atomic E-state index is 0.0880. The quantitative estimate of drug-likeness (QED) is 0.0732. The van der Waals surface area contributed by atoms with Gasteiger partial charge in [0.1, 0.15) is 57.5 Å². The third kappa shape index (κ3) is 36.9. The first-order chi connectivity index (χ1) is 46.4. The molecule has 10 N–H and O–H groups in total. The van der Waals surface area contributed by atoms with Crippen molar-refractivity contribution in [1.82, 2.24) is 0 Å². The lowest BCUT2D eigenvalue weighted by molar-refractivity contribution is 0.443. The van der Waals surface area contributed by atoms with Crippen LogP contribution in [0, 0.1) is 0 Å². The molecule has 10 nitrogen and oxygen atoms in total. The van der Waals surface area contributed by atoms with Crippen LogP contribution in [0.25, 0.3) is 11.1 Å². The summed E-state index contributed by atoms with van der Waals surface area (Å²) in [6.07, 6.45) is 8.36. The Morgan fingerprint density at radius 1 is 0.276 bits per heavy atom. The molecule has 0 unspecified atom stereocenters. The Kier molecular flexibility index (Phi) is 39.9. The van der Waals surface area contributed by atoms with E-state index in [-0.39, 0.29) is 62.9 Å². The molecule has 0 aromatic heterocycles. The lowest BCUT2D eigenvalue weighted by Crippen LogP contribution is -2.10. The summed E-state index contributed by atoms with van der Waals surface area (Å²) in [5.74, 6) is 4.91. The Hall–Kier alpha value is -9.80. The molecule has 0 saturated heterocycles. The highest BCUT2D eigenvalue weighted by Gasteiger charge is 2.16. The first-order valence-electron chi connectivity index (χ1n) is 34.3. The van der Waals surface area contributed by atoms with Crippen LogP contribution in [0.1, 0.15) is 217 Å². The standard InChI is InChI=1S/C15H22.C15H16.C13H20.C12H18.5C6H6O2.C3H8/c2*1-12(2)13-8-10-15(11-9-13)14-6-4-3-5-7-14;1-10(2)11-6-8-12(9-7-11)13(3,4)5;1-9(2)11-5-7-12(8-6-11)10(3)4;5*7-5-2-1-3-6(8)4-5;1-3-2/h8-12,14H,3-7H2,1-2H3;3-12H,1-2H3;6-10H,1-5H3;5-10H,1-4H3;5*1-4,7-8H;3H2,1-2H3. The maximum Gasteiger partial charge on any atom is 0.119 e. The lowest BCUT2D eigenvalue weighted by Gasteiger charge is -2.22. The van der Waals surface area contributed by atoms with Gasteiger partial charge in [0.15, 0.2) is 0 Å². The smallest absolute Gasteiger partial charge is 0.119 e. The summed E-state index contributed by atoms with van der Waals surface area (Å²) < 4.78 is 0. The molecule has 0 aliphatic heterocycles. The van der Waals surface area contributed by atoms with Crippen LogP contribution in [-0.2, 0) is 5.41 Å². The second-order valence-electron chi connectivity index (χ2n) is 26.6. The van der Waals surface area contributed by atoms with Gasteiger partial charge in [0.25, 0.3) is 0 Å². The molecule has 0 atom stereocenters. The van der Waals surface area contributed by atoms with E-state index < -0.39 is 0 Å². The van der Waals surface area contributed by atoms with Crippen molar-refractivity contribution in [3.8, 4) is 68.6 Å². The van der Waals surface area contributed by atoms with Gasteiger partial charge in [0.05, 0.1) is 0 Å². The Balaban J connectivity index is 0.000000377. The van der Waals surface area contributed by atoms with Crippen molar-refractivity contribution in [3.63, 3.8) is 0 Å². The van der Waals surface area contributed by atoms with Crippen LogP contribution in [0.15, 0.2) is 249 Å². The van der Waals surface area contributed by atoms with Gasteiger partial charge in [-0.2, -0.15) is 0 Å². The average molecular weight is 1330 g/mol. The summed E-state index contributed by atoms with van der Waals surface area (Å²) in [6.45, 7) is 33.3. The molecule has 10 aromatic rings. The Morgan fingerprint density at radius 2 is 0.490 bits per heavy atom. The van der Waals surface area contributed by atoms with E-state index in [1.807, 2.05) is 6.07 Å². The maximum absolute atomic E-state index is 8.65. The molecule has 1 fully saturated rings. The molecule has 98 heavy (non-hydrogen) atoms. The van der Waals surface area contributed by atoms with Gasteiger partial charge in [0.2, 0.25) is 0 Å². The number of hydrogen-bond donors (Lipinski definition) is 10. The monoisotopic (exact) mass is 1330 g/mol. The molecule has 11 rings (SSSR count). The summed E-state index contributed by atoms with van der Waals surface area (Å²) in [6, 6.07) is 75.8. The van der Waals surface area contributed by atoms with E-state index in [0.717, 1.165) is 5.92 Å². The van der Waals surface area contributed by atoms with Gasteiger partial charge in [-0.25, -0.2) is 0 Å². The zero-order chi connectivity index (χ0) is 73.2. The number of aromatic hydroxyl groups is 10. The summed E-state index contributed by atoms with van der Waals surface area (Å²) >= 11 is 0. The summed E-state index contributed by atoms with van der Waals surface area (Å²) in [5.41, 5.74) is 13.0. The fraction of sp³-hybridized carbons (Fsp3) is 0.318. The van der Waals surface area contributed by atoms with Gasteiger partial charge in [-0.3, -0.25) is 0 Å². The predicted octanol–water partition coefficient (Wildman–Crippen LogP) is 24.3. The van der Waals surface area contributed by atoms with Crippen molar-refractivity contribution >= 4 is 0 Å². The van der Waals surface area contributed by atoms with Gasteiger partial charge >= 0.3 is 0 Å². The predicted molar refractivity (Wildman–Crippen MR) is 411 cm³/mol. The van der Waals surface area contributed by atoms with Gasteiger partial charge in [0, 0.05) is 30.3 Å². The molecule has 526 valence electrons. The Bertz CT molecular complexity index is 3290. The minimum absolute atomic E-state index is 0.0880. The van der Waals surface area contributed by atoms with Crippen molar-refractivity contribution in [1.29, 1.82) is 0 Å². The van der Waals surface area contributed by atoms with Crippen molar-refractivity contribution < 1.29 is 51.1 Å². The highest BCUT2D eigenvalue weighted by molar-refractivity contribution is 5.63. The van der Waals surface area contributed by atoms with Gasteiger partial charge in [-0.05, 0) is 164 Å². The minimum Gasteiger partial charge on any atom is -0.508 e. The van der Waals surface area contributed by atoms with Gasteiger partial charge in [-0.1, -0.05) is 287 Å². The zero-order valence-electron chi connectivity index (χ0n) is 60.9. The van der Waals surface area contributed by atoms with Crippen LogP contribution < -0.4 is 0 Å². The summed E-state index contributed by atoms with van der Waals surface area (Å²) in [7, 11) is 0. The van der Waals surface area contributed by atoms with E-state index in [9.17, 15) is 0 Å². The Morgan fingerprint density at radius 3 is 0.704 bits per heavy atom. The van der Waals surface area contributed by atoms with E-state index in [2.05, 4.69) is 225 Å². The molecule has 0 heterocycles. The van der Waals surface area contributed by atoms with Crippen LogP contribution >= 0.6 is 0 Å². The second kappa shape index (κ2) is 46.4. The molecule has 10 aromatic carbocycles. The van der Waals surface area contributed by atoms with Crippen molar-refractivity contribution in [2.45, 2.75) is 183 Å². The normalized spacial score (nSPS) is 11.3. The van der Waals surface area contributed by atoms with E-state index in [1.54, 1.807) is 35.9 Å². The number of phenols is 10. The molecule has 10 heteroatoms. The first kappa shape index (κ1) is 84.3. The largest absolute Gasteiger partial charge is 0.508 e. The number of rotatable bonds is 7. The SMILES string of the molecule is CC(C)c1ccc(-c2ccccc2)cc1.CC(C)c1ccc(C(C)(C)C)cc1.CC(C)c1ccc(C(C)C)cc1.CC(C)c1ccc(C2CCCCC2)cc1.CCC.Oc1cccc(O)c1.Oc1cccc(O)c1.Oc1cccc(O)c1.Oc1cccc(O)c1.Oc1cccc(O)c1. The van der Waals surface area contributed by atoms with E-state index >= 15 is 0 Å². The van der Waals surface area contributed by atoms with E-state index in [4.69, 9.17) is 51.1 Å². The lowest BCUT2D eigenvalue weighted by atomic mass is 9.83. The highest BCUT2D eigenvalue weighted by atomic mass is 16.3. The third-order valence-electron chi connectivity index (χ3n) is 15.2. The van der Waals surface area contributed by atoms with Crippen LogP contribution in [0.5, 0.6) is 57.5 Å². The zero-order valence-corrected chi connectivity index (χ0v) is 60.9. The second-order valence-corrected chi connectivity index (χ2v) is 26.6. The summed E-state index contributed by atoms with van der Waals surface area (Å²) in [4.78, 5) is 0. The van der Waals surface area contributed by atoms with Crippen LogP contribution in [0.4, 0.5) is 0 Å². The number of phenolic OH excluding ortho intramolecular Hbond substituents is 10. The molecular weight excluding hydrogens is 1220 g/mol. The summed E-state index contributed by atoms with van der Waals surface area (Å²) in [5, 5.41) is 86.5. The maximum atomic E-state index is 8.65. The number of benzene rings is 10. The van der Waals surface area contributed by atoms with Gasteiger partial charge < -0.3 is 51.1 Å². The van der Waals surface area contributed by atoms with Crippen molar-refractivity contribution in [3.05, 3.63) is 288 Å². The fourth-order valence-corrected chi connectivity index (χ4v) is 9.38. The molecule has 1 aliphatic rings. The molecule has 0 radical (unpaired) electrons. The molecule has 0 amide bonds. The van der Waals surface area contributed by atoms with Crippen molar-refractivity contribution in [2.24, 2.45) is 0 Å². The van der Waals surface area contributed by atoms with E-state index in [0.29, 0.717) is 29.6 Å². The van der Waals surface area contributed by atoms with Crippen LogP contribution in [-0.4, -0.2) is 51.1 Å². The van der Waals surface area contributed by atoms with E-state index in [1.165, 1.54) is 174 Å². The topological polar surface area (TPSA) is 202 Å². The average Bonchev–Trinajstić information content (AvgIpc) is 0.901. The molecule has 1 saturated carbocycles. The fourth-order valence-electron chi connectivity index (χ4n) is 9.38. The molecule has 0 spiro atoms. The first-order valence-corrected chi connectivity index (χ1v) is 34.3. The molecular formula is C88H114O10. The van der Waals surface area contributed by atoms with Crippen LogP contribution in [0.2, 0.25) is 0 Å². The Labute approximate surface area is 587 Å². The van der Waals surface area contributed by atoms with Crippen LogP contribution in [0.3, 0.4) is 0 Å². The van der Waals surface area contributed by atoms with Crippen molar-refractivity contribution in [2.75, 3.05) is 0 Å². The number of hydrogen-bond acceptors (Lipinski definition) is 10. The van der Waals surface area contributed by atoms with Gasteiger partial charge in [-0.15, -0.1) is 0 Å². The molecule has 0 bridgehead atoms. The third-order valence-corrected chi connectivity index (χ3v) is 15.2. The highest BCUT2D eigenvalue weighted by Crippen LogP contribution is 2.33.